The van der Waals surface area contributed by atoms with Crippen LogP contribution >= 0.6 is 0 Å². The van der Waals surface area contributed by atoms with Crippen molar-refractivity contribution in [1.29, 1.82) is 0 Å². The van der Waals surface area contributed by atoms with Crippen molar-refractivity contribution in [3.8, 4) is 0 Å². The van der Waals surface area contributed by atoms with Gasteiger partial charge in [-0.15, -0.1) is 0 Å². The quantitative estimate of drug-likeness (QED) is 0.845. The summed E-state index contributed by atoms with van der Waals surface area (Å²) >= 11 is 0. The van der Waals surface area contributed by atoms with Crippen molar-refractivity contribution in [1.82, 2.24) is 0 Å². The van der Waals surface area contributed by atoms with E-state index < -0.39 is 10.0 Å². The minimum Gasteiger partial charge on any atom is -0.267 e. The van der Waals surface area contributed by atoms with Crippen molar-refractivity contribution in [2.45, 2.75) is 25.2 Å². The first-order valence-corrected chi connectivity index (χ1v) is 8.20. The van der Waals surface area contributed by atoms with E-state index in [1.807, 2.05) is 56.3 Å². The summed E-state index contributed by atoms with van der Waals surface area (Å²) < 4.78 is 26.8. The summed E-state index contributed by atoms with van der Waals surface area (Å²) in [7, 11) is -3.50. The van der Waals surface area contributed by atoms with E-state index >= 15 is 0 Å². The summed E-state index contributed by atoms with van der Waals surface area (Å²) in [4.78, 5) is 0.334. The van der Waals surface area contributed by atoms with Gasteiger partial charge < -0.3 is 0 Å². The summed E-state index contributed by atoms with van der Waals surface area (Å²) in [6, 6.07) is 16.3. The summed E-state index contributed by atoms with van der Waals surface area (Å²) in [6.45, 7) is 4.29. The molecule has 0 saturated heterocycles. The Morgan fingerprint density at radius 2 is 1.50 bits per heavy atom. The van der Waals surface area contributed by atoms with Crippen LogP contribution in [0.25, 0.3) is 0 Å². The van der Waals surface area contributed by atoms with Gasteiger partial charge in [0.2, 0.25) is 0 Å². The first-order valence-electron chi connectivity index (χ1n) is 6.76. The number of para-hydroxylation sites is 1. The second kappa shape index (κ2) is 6.09. The number of aryl methyl sites for hydroxylation is 1. The maximum Gasteiger partial charge on any atom is 0.264 e. The van der Waals surface area contributed by atoms with Gasteiger partial charge in [0.25, 0.3) is 10.0 Å². The number of sulfonamides is 1. The third-order valence-corrected chi connectivity index (χ3v) is 5.17. The highest BCUT2D eigenvalue weighted by atomic mass is 32.2. The third-order valence-electron chi connectivity index (χ3n) is 3.25. The van der Waals surface area contributed by atoms with Crippen molar-refractivity contribution in [3.63, 3.8) is 0 Å². The van der Waals surface area contributed by atoms with Crippen LogP contribution in [0.4, 0.5) is 5.69 Å². The van der Waals surface area contributed by atoms with Crippen LogP contribution in [0.15, 0.2) is 59.5 Å². The second-order valence-corrected chi connectivity index (χ2v) is 6.37. The van der Waals surface area contributed by atoms with E-state index in [4.69, 9.17) is 0 Å². The van der Waals surface area contributed by atoms with Gasteiger partial charge in [-0.2, -0.15) is 0 Å². The van der Waals surface area contributed by atoms with E-state index in [-0.39, 0.29) is 0 Å². The largest absolute Gasteiger partial charge is 0.267 e. The van der Waals surface area contributed by atoms with Crippen LogP contribution in [0.2, 0.25) is 0 Å². The molecular weight excluding hydrogens is 270 g/mol. The molecule has 0 saturated carbocycles. The van der Waals surface area contributed by atoms with Gasteiger partial charge in [-0.3, -0.25) is 4.31 Å². The summed E-state index contributed by atoms with van der Waals surface area (Å²) in [5, 5.41) is 0. The van der Waals surface area contributed by atoms with Crippen LogP contribution in [0, 0.1) is 0 Å². The Morgan fingerprint density at radius 1 is 0.900 bits per heavy atom. The molecule has 0 bridgehead atoms. The van der Waals surface area contributed by atoms with E-state index in [0.717, 1.165) is 12.0 Å². The molecule has 0 spiro atoms. The maximum atomic E-state index is 12.7. The normalized spacial score (nSPS) is 11.3. The zero-order valence-corrected chi connectivity index (χ0v) is 12.6. The predicted molar refractivity (Wildman–Crippen MR) is 82.5 cm³/mol. The molecule has 2 aromatic rings. The average Bonchev–Trinajstić information content (AvgIpc) is 2.49. The molecule has 0 atom stereocenters. The van der Waals surface area contributed by atoms with E-state index in [1.165, 1.54) is 4.31 Å². The van der Waals surface area contributed by atoms with E-state index in [1.54, 1.807) is 12.1 Å². The predicted octanol–water partition coefficient (Wildman–Crippen LogP) is 3.46. The van der Waals surface area contributed by atoms with Gasteiger partial charge in [-0.1, -0.05) is 37.3 Å². The van der Waals surface area contributed by atoms with Gasteiger partial charge in [0, 0.05) is 6.54 Å². The highest BCUT2D eigenvalue weighted by Crippen LogP contribution is 2.23. The molecule has 0 aliphatic heterocycles. The van der Waals surface area contributed by atoms with Crippen LogP contribution in [0.3, 0.4) is 0 Å². The lowest BCUT2D eigenvalue weighted by molar-refractivity contribution is 0.592. The lowest BCUT2D eigenvalue weighted by Gasteiger charge is -2.23. The van der Waals surface area contributed by atoms with Crippen LogP contribution < -0.4 is 4.31 Å². The van der Waals surface area contributed by atoms with Gasteiger partial charge in [0.05, 0.1) is 10.6 Å². The Bertz CT molecular complexity index is 649. The first kappa shape index (κ1) is 14.6. The number of hydrogen-bond acceptors (Lipinski definition) is 2. The van der Waals surface area contributed by atoms with Crippen molar-refractivity contribution in [2.75, 3.05) is 10.8 Å². The molecule has 0 radical (unpaired) electrons. The number of anilines is 1. The molecule has 0 unspecified atom stereocenters. The van der Waals surface area contributed by atoms with Crippen LogP contribution in [0.1, 0.15) is 19.4 Å². The Morgan fingerprint density at radius 3 is 2.00 bits per heavy atom. The molecule has 0 N–H and O–H groups in total. The molecule has 20 heavy (non-hydrogen) atoms. The van der Waals surface area contributed by atoms with Crippen LogP contribution in [-0.4, -0.2) is 15.0 Å². The fourth-order valence-corrected chi connectivity index (χ4v) is 3.58. The maximum absolute atomic E-state index is 12.7. The van der Waals surface area contributed by atoms with Gasteiger partial charge in [-0.05, 0) is 43.2 Å². The SMILES string of the molecule is CCc1ccc(S(=O)(=O)N(CC)c2ccccc2)cc1. The van der Waals surface area contributed by atoms with Crippen molar-refractivity contribution in [3.05, 3.63) is 60.2 Å². The topological polar surface area (TPSA) is 37.4 Å². The zero-order valence-electron chi connectivity index (χ0n) is 11.8. The molecule has 0 aliphatic carbocycles. The van der Waals surface area contributed by atoms with E-state index in [2.05, 4.69) is 0 Å². The Labute approximate surface area is 120 Å². The standard InChI is InChI=1S/C16H19NO2S/c1-3-14-10-12-16(13-11-14)20(18,19)17(4-2)15-8-6-5-7-9-15/h5-13H,3-4H2,1-2H3. The van der Waals surface area contributed by atoms with E-state index in [0.29, 0.717) is 17.1 Å². The highest BCUT2D eigenvalue weighted by Gasteiger charge is 2.23. The first-order chi connectivity index (χ1) is 9.59. The molecule has 2 rings (SSSR count). The smallest absolute Gasteiger partial charge is 0.264 e. The zero-order chi connectivity index (χ0) is 14.6. The van der Waals surface area contributed by atoms with Gasteiger partial charge >= 0.3 is 0 Å². The van der Waals surface area contributed by atoms with E-state index in [9.17, 15) is 8.42 Å². The Hall–Kier alpha value is -1.81. The molecule has 0 fully saturated rings. The lowest BCUT2D eigenvalue weighted by Crippen LogP contribution is -2.30. The summed E-state index contributed by atoms with van der Waals surface area (Å²) in [5.74, 6) is 0. The van der Waals surface area contributed by atoms with Gasteiger partial charge in [0.1, 0.15) is 0 Å². The molecule has 0 aliphatic rings. The van der Waals surface area contributed by atoms with Crippen molar-refractivity contribution in [2.24, 2.45) is 0 Å². The molecule has 4 heteroatoms. The second-order valence-electron chi connectivity index (χ2n) is 4.50. The van der Waals surface area contributed by atoms with Crippen LogP contribution in [-0.2, 0) is 16.4 Å². The number of hydrogen-bond donors (Lipinski definition) is 0. The van der Waals surface area contributed by atoms with Gasteiger partial charge in [-0.25, -0.2) is 8.42 Å². The number of nitrogens with zero attached hydrogens (tertiary/aromatic N) is 1. The molecule has 3 nitrogen and oxygen atoms in total. The lowest BCUT2D eigenvalue weighted by atomic mass is 10.2. The molecular formula is C16H19NO2S. The fraction of sp³-hybridized carbons (Fsp3) is 0.250. The van der Waals surface area contributed by atoms with Crippen molar-refractivity contribution >= 4 is 15.7 Å². The van der Waals surface area contributed by atoms with Crippen molar-refractivity contribution < 1.29 is 8.42 Å². The molecule has 0 aromatic heterocycles. The Balaban J connectivity index is 2.41. The van der Waals surface area contributed by atoms with Gasteiger partial charge in [0.15, 0.2) is 0 Å². The third kappa shape index (κ3) is 2.85. The molecule has 2 aromatic carbocycles. The molecule has 0 amide bonds. The average molecular weight is 289 g/mol. The van der Waals surface area contributed by atoms with Crippen LogP contribution in [0.5, 0.6) is 0 Å². The summed E-state index contributed by atoms with van der Waals surface area (Å²) in [6.07, 6.45) is 0.899. The minimum atomic E-state index is -3.50. The molecule has 0 heterocycles. The monoisotopic (exact) mass is 289 g/mol. The highest BCUT2D eigenvalue weighted by molar-refractivity contribution is 7.92. The number of benzene rings is 2. The number of rotatable bonds is 5. The minimum absolute atomic E-state index is 0.334. The fourth-order valence-electron chi connectivity index (χ4n) is 2.11. The molecule has 106 valence electrons. The Kier molecular flexibility index (Phi) is 4.45. The summed E-state index contributed by atoms with van der Waals surface area (Å²) in [5.41, 5.74) is 1.82.